The number of hydrogen-bond acceptors (Lipinski definition) is 3. The van der Waals surface area contributed by atoms with Gasteiger partial charge in [0.05, 0.1) is 12.0 Å². The van der Waals surface area contributed by atoms with E-state index in [0.29, 0.717) is 34.0 Å². The number of benzene rings is 2. The molecular formula is C31H33FN4O2. The van der Waals surface area contributed by atoms with Gasteiger partial charge in [0, 0.05) is 47.3 Å². The predicted molar refractivity (Wildman–Crippen MR) is 148 cm³/mol. The number of aromatic nitrogens is 1. The van der Waals surface area contributed by atoms with Gasteiger partial charge in [0.2, 0.25) is 5.91 Å². The Morgan fingerprint density at radius 3 is 2.53 bits per heavy atom. The average Bonchev–Trinajstić information content (AvgIpc) is 3.64. The number of rotatable bonds is 5. The van der Waals surface area contributed by atoms with Crippen LogP contribution in [0.5, 0.6) is 0 Å². The van der Waals surface area contributed by atoms with Crippen LogP contribution in [0.4, 0.5) is 10.1 Å². The molecule has 0 atom stereocenters. The summed E-state index contributed by atoms with van der Waals surface area (Å²) in [6, 6.07) is 14.7. The fraction of sp³-hybridized carbons (Fsp3) is 0.355. The van der Waals surface area contributed by atoms with Crippen LogP contribution in [-0.2, 0) is 16.0 Å². The van der Waals surface area contributed by atoms with Crippen molar-refractivity contribution in [1.82, 2.24) is 14.8 Å². The third kappa shape index (κ3) is 4.67. The topological polar surface area (TPSA) is 68.4 Å². The number of hydrogen-bond donors (Lipinski definition) is 2. The average molecular weight is 513 g/mol. The van der Waals surface area contributed by atoms with Gasteiger partial charge in [-0.15, -0.1) is 0 Å². The van der Waals surface area contributed by atoms with Crippen LogP contribution in [0.3, 0.4) is 0 Å². The molecule has 7 heteroatoms. The number of nitrogens with zero attached hydrogens (tertiary/aromatic N) is 2. The number of likely N-dealkylation sites (tertiary alicyclic amines) is 2. The van der Waals surface area contributed by atoms with Crippen LogP contribution >= 0.6 is 0 Å². The van der Waals surface area contributed by atoms with Crippen LogP contribution in [0.2, 0.25) is 0 Å². The molecule has 0 spiro atoms. The minimum Gasteiger partial charge on any atom is -0.359 e. The number of carbonyl (C=O) groups is 2. The number of halogens is 1. The molecule has 0 bridgehead atoms. The van der Waals surface area contributed by atoms with Gasteiger partial charge in [-0.3, -0.25) is 9.59 Å². The van der Waals surface area contributed by atoms with E-state index < -0.39 is 0 Å². The number of carbonyl (C=O) groups excluding carboxylic acids is 2. The van der Waals surface area contributed by atoms with Crippen LogP contribution < -0.4 is 5.32 Å². The van der Waals surface area contributed by atoms with Gasteiger partial charge < -0.3 is 20.1 Å². The number of H-pyrrole nitrogens is 1. The van der Waals surface area contributed by atoms with Crippen molar-refractivity contribution in [2.75, 3.05) is 31.5 Å². The molecule has 0 unspecified atom stereocenters. The maximum atomic E-state index is 14.7. The lowest BCUT2D eigenvalue weighted by Crippen LogP contribution is -2.46. The molecule has 2 fully saturated rings. The van der Waals surface area contributed by atoms with Gasteiger partial charge in [-0.1, -0.05) is 30.3 Å². The number of fused-ring (bicyclic) bond motifs is 1. The van der Waals surface area contributed by atoms with Crippen LogP contribution in [0.15, 0.2) is 48.5 Å². The van der Waals surface area contributed by atoms with Crippen LogP contribution in [-0.4, -0.2) is 58.8 Å². The maximum absolute atomic E-state index is 14.7. The molecule has 2 N–H and O–H groups in total. The first kappa shape index (κ1) is 24.6. The Morgan fingerprint density at radius 1 is 1.03 bits per heavy atom. The Labute approximate surface area is 222 Å². The zero-order valence-corrected chi connectivity index (χ0v) is 21.7. The SMILES string of the molecule is Cc1cc(CC(=O)N2CCC(N3CCCC3)CC2)c(/C=C2\C(=O)Nc3cccc(-c4ccccc4F)c32)[nH]1. The molecule has 4 heterocycles. The van der Waals surface area contributed by atoms with Crippen molar-refractivity contribution in [3.63, 3.8) is 0 Å². The summed E-state index contributed by atoms with van der Waals surface area (Å²) in [5.74, 6) is -0.459. The summed E-state index contributed by atoms with van der Waals surface area (Å²) in [5.41, 5.74) is 5.43. The Hall–Kier alpha value is -3.71. The zero-order chi connectivity index (χ0) is 26.2. The molecule has 0 radical (unpaired) electrons. The number of nitrogens with one attached hydrogen (secondary N) is 2. The summed E-state index contributed by atoms with van der Waals surface area (Å²) in [5, 5.41) is 2.92. The number of anilines is 1. The van der Waals surface area contributed by atoms with Gasteiger partial charge in [-0.05, 0) is 81.1 Å². The van der Waals surface area contributed by atoms with Gasteiger partial charge in [-0.25, -0.2) is 4.39 Å². The molecule has 3 aliphatic heterocycles. The molecule has 3 aliphatic rings. The summed E-state index contributed by atoms with van der Waals surface area (Å²) in [6.45, 7) is 5.91. The third-order valence-corrected chi connectivity index (χ3v) is 8.16. The maximum Gasteiger partial charge on any atom is 0.256 e. The van der Waals surface area contributed by atoms with Crippen molar-refractivity contribution in [2.45, 2.75) is 45.1 Å². The van der Waals surface area contributed by atoms with E-state index in [-0.39, 0.29) is 24.1 Å². The van der Waals surface area contributed by atoms with E-state index in [1.54, 1.807) is 24.3 Å². The van der Waals surface area contributed by atoms with Crippen molar-refractivity contribution in [3.05, 3.63) is 76.9 Å². The molecule has 0 aliphatic carbocycles. The van der Waals surface area contributed by atoms with Crippen LogP contribution in [0.1, 0.15) is 48.2 Å². The fourth-order valence-corrected chi connectivity index (χ4v) is 6.24. The second-order valence-electron chi connectivity index (χ2n) is 10.6. The van der Waals surface area contributed by atoms with E-state index in [0.717, 1.165) is 42.9 Å². The largest absolute Gasteiger partial charge is 0.359 e. The minimum atomic E-state index is -0.338. The lowest BCUT2D eigenvalue weighted by molar-refractivity contribution is -0.132. The smallest absolute Gasteiger partial charge is 0.256 e. The second-order valence-corrected chi connectivity index (χ2v) is 10.6. The molecule has 3 aromatic rings. The molecular weight excluding hydrogens is 479 g/mol. The number of piperidine rings is 1. The van der Waals surface area contributed by atoms with Gasteiger partial charge in [0.1, 0.15) is 5.82 Å². The van der Waals surface area contributed by atoms with E-state index >= 15 is 0 Å². The lowest BCUT2D eigenvalue weighted by Gasteiger charge is -2.36. The highest BCUT2D eigenvalue weighted by Gasteiger charge is 2.30. The van der Waals surface area contributed by atoms with E-state index in [2.05, 4.69) is 15.2 Å². The normalized spacial score (nSPS) is 19.3. The second kappa shape index (κ2) is 10.2. The summed E-state index contributed by atoms with van der Waals surface area (Å²) in [6.07, 6.45) is 6.72. The predicted octanol–water partition coefficient (Wildman–Crippen LogP) is 5.25. The summed E-state index contributed by atoms with van der Waals surface area (Å²) < 4.78 is 14.7. The molecule has 196 valence electrons. The Kier molecular flexibility index (Phi) is 6.62. The van der Waals surface area contributed by atoms with Gasteiger partial charge >= 0.3 is 0 Å². The molecule has 38 heavy (non-hydrogen) atoms. The quantitative estimate of drug-likeness (QED) is 0.459. The summed E-state index contributed by atoms with van der Waals surface area (Å²) in [4.78, 5) is 34.3. The van der Waals surface area contributed by atoms with E-state index in [1.807, 2.05) is 36.1 Å². The first-order chi connectivity index (χ1) is 18.5. The number of aromatic amines is 1. The highest BCUT2D eigenvalue weighted by Crippen LogP contribution is 2.41. The summed E-state index contributed by atoms with van der Waals surface area (Å²) >= 11 is 0. The Morgan fingerprint density at radius 2 is 1.76 bits per heavy atom. The van der Waals surface area contributed by atoms with E-state index in [4.69, 9.17) is 0 Å². The monoisotopic (exact) mass is 512 g/mol. The van der Waals surface area contributed by atoms with Crippen molar-refractivity contribution in [2.24, 2.45) is 0 Å². The fourth-order valence-electron chi connectivity index (χ4n) is 6.24. The standard InChI is InChI=1S/C31H33FN4O2/c1-20-17-21(18-29(37)36-15-11-22(12-16-36)35-13-4-5-14-35)28(33-20)19-25-30-24(23-7-2-3-9-26(23)32)8-6-10-27(30)34-31(25)38/h2-3,6-10,17,19,22,33H,4-5,11-16,18H2,1H3,(H,34,38)/b25-19-. The molecule has 1 aromatic heterocycles. The zero-order valence-electron chi connectivity index (χ0n) is 21.7. The molecule has 6 nitrogen and oxygen atoms in total. The van der Waals surface area contributed by atoms with E-state index in [1.165, 1.54) is 32.0 Å². The molecule has 0 saturated carbocycles. The van der Waals surface area contributed by atoms with Crippen molar-refractivity contribution < 1.29 is 14.0 Å². The van der Waals surface area contributed by atoms with Crippen LogP contribution in [0, 0.1) is 12.7 Å². The minimum absolute atomic E-state index is 0.117. The molecule has 6 rings (SSSR count). The molecule has 2 saturated heterocycles. The number of amides is 2. The third-order valence-electron chi connectivity index (χ3n) is 8.16. The summed E-state index contributed by atoms with van der Waals surface area (Å²) in [7, 11) is 0. The first-order valence-electron chi connectivity index (χ1n) is 13.6. The molecule has 2 amide bonds. The van der Waals surface area contributed by atoms with E-state index in [9.17, 15) is 14.0 Å². The van der Waals surface area contributed by atoms with Gasteiger partial charge in [0.25, 0.3) is 5.91 Å². The Balaban J connectivity index is 1.25. The highest BCUT2D eigenvalue weighted by molar-refractivity contribution is 6.36. The molecule has 2 aromatic carbocycles. The van der Waals surface area contributed by atoms with Crippen molar-refractivity contribution in [3.8, 4) is 11.1 Å². The number of aryl methyl sites for hydroxylation is 1. The van der Waals surface area contributed by atoms with Crippen molar-refractivity contribution in [1.29, 1.82) is 0 Å². The van der Waals surface area contributed by atoms with Crippen molar-refractivity contribution >= 4 is 29.2 Å². The highest BCUT2D eigenvalue weighted by atomic mass is 19.1. The lowest BCUT2D eigenvalue weighted by atomic mass is 9.93. The van der Waals surface area contributed by atoms with Gasteiger partial charge in [-0.2, -0.15) is 0 Å². The first-order valence-corrected chi connectivity index (χ1v) is 13.6. The Bertz CT molecular complexity index is 1410. The van der Waals surface area contributed by atoms with Crippen LogP contribution in [0.25, 0.3) is 22.8 Å². The van der Waals surface area contributed by atoms with Gasteiger partial charge in [0.15, 0.2) is 0 Å².